The van der Waals surface area contributed by atoms with Crippen molar-refractivity contribution in [3.63, 3.8) is 0 Å². The second-order valence-corrected chi connectivity index (χ2v) is 7.09. The molecule has 0 aliphatic rings. The third-order valence-electron chi connectivity index (χ3n) is 3.03. The Balaban J connectivity index is 2.62. The van der Waals surface area contributed by atoms with Crippen LogP contribution in [-0.4, -0.2) is 25.8 Å². The van der Waals surface area contributed by atoms with Crippen LogP contribution in [0.15, 0.2) is 18.2 Å². The molecule has 4 nitrogen and oxygen atoms in total. The Labute approximate surface area is 124 Å². The Bertz CT molecular complexity index is 551. The summed E-state index contributed by atoms with van der Waals surface area (Å²) in [5.41, 5.74) is 0.276. The molecule has 1 aromatic carbocycles. The van der Waals surface area contributed by atoms with Gasteiger partial charge in [-0.05, 0) is 23.6 Å². The molecule has 0 aliphatic carbocycles. The van der Waals surface area contributed by atoms with Crippen LogP contribution in [0.5, 0.6) is 0 Å². The minimum absolute atomic E-state index is 0.00516. The van der Waals surface area contributed by atoms with Crippen molar-refractivity contribution in [1.29, 1.82) is 0 Å². The number of nitrogens with one attached hydrogen (secondary N) is 1. The average Bonchev–Trinajstić information content (AvgIpc) is 2.38. The summed E-state index contributed by atoms with van der Waals surface area (Å²) in [5, 5.41) is 9.81. The van der Waals surface area contributed by atoms with Crippen molar-refractivity contribution in [2.45, 2.75) is 26.4 Å². The van der Waals surface area contributed by atoms with Gasteiger partial charge in [-0.1, -0.05) is 37.9 Å². The van der Waals surface area contributed by atoms with E-state index in [-0.39, 0.29) is 28.8 Å². The summed E-state index contributed by atoms with van der Waals surface area (Å²) in [4.78, 5) is 0. The predicted octanol–water partition coefficient (Wildman–Crippen LogP) is 2.48. The summed E-state index contributed by atoms with van der Waals surface area (Å²) in [5.74, 6) is -0.603. The van der Waals surface area contributed by atoms with Gasteiger partial charge in [0.1, 0.15) is 5.82 Å². The van der Waals surface area contributed by atoms with Gasteiger partial charge in [0.05, 0.1) is 16.9 Å². The van der Waals surface area contributed by atoms with Crippen LogP contribution in [0.4, 0.5) is 4.39 Å². The lowest BCUT2D eigenvalue weighted by molar-refractivity contribution is 0.181. The largest absolute Gasteiger partial charge is 0.387 e. The highest BCUT2D eigenvalue weighted by atomic mass is 35.5. The summed E-state index contributed by atoms with van der Waals surface area (Å²) in [6.07, 6.45) is -0.361. The maximum Gasteiger partial charge on any atom is 0.211 e. The van der Waals surface area contributed by atoms with Crippen LogP contribution in [0.2, 0.25) is 5.02 Å². The van der Waals surface area contributed by atoms with Gasteiger partial charge in [0.15, 0.2) is 0 Å². The van der Waals surface area contributed by atoms with Gasteiger partial charge >= 0.3 is 0 Å². The lowest BCUT2D eigenvalue weighted by Gasteiger charge is -2.14. The Kier molecular flexibility index (Phi) is 6.39. The smallest absolute Gasteiger partial charge is 0.211 e. The maximum atomic E-state index is 13.2. The van der Waals surface area contributed by atoms with Gasteiger partial charge in [-0.15, -0.1) is 0 Å². The van der Waals surface area contributed by atoms with E-state index in [0.29, 0.717) is 0 Å². The van der Waals surface area contributed by atoms with E-state index in [1.807, 2.05) is 13.8 Å². The molecule has 0 saturated heterocycles. The number of rotatable bonds is 7. The van der Waals surface area contributed by atoms with Crippen molar-refractivity contribution in [2.75, 3.05) is 12.3 Å². The van der Waals surface area contributed by atoms with Crippen molar-refractivity contribution >= 4 is 21.6 Å². The molecule has 2 atom stereocenters. The number of sulfonamides is 1. The van der Waals surface area contributed by atoms with Crippen LogP contribution in [-0.2, 0) is 10.0 Å². The molecular weight excluding hydrogens is 305 g/mol. The average molecular weight is 324 g/mol. The Morgan fingerprint density at radius 1 is 1.45 bits per heavy atom. The van der Waals surface area contributed by atoms with Crippen LogP contribution in [0, 0.1) is 11.7 Å². The van der Waals surface area contributed by atoms with E-state index in [4.69, 9.17) is 11.6 Å². The molecule has 0 aliphatic heterocycles. The summed E-state index contributed by atoms with van der Waals surface area (Å²) < 4.78 is 39.1. The second kappa shape index (κ2) is 7.36. The van der Waals surface area contributed by atoms with Crippen molar-refractivity contribution in [3.05, 3.63) is 34.6 Å². The molecular formula is C13H19ClFNO3S. The highest BCUT2D eigenvalue weighted by Gasteiger charge is 2.17. The number of benzene rings is 1. The van der Waals surface area contributed by atoms with Crippen molar-refractivity contribution in [2.24, 2.45) is 5.92 Å². The molecule has 7 heteroatoms. The molecule has 0 heterocycles. The van der Waals surface area contributed by atoms with Crippen LogP contribution in [0.1, 0.15) is 31.9 Å². The monoisotopic (exact) mass is 323 g/mol. The zero-order valence-corrected chi connectivity index (χ0v) is 13.0. The summed E-state index contributed by atoms with van der Waals surface area (Å²) in [6.45, 7) is 3.55. The lowest BCUT2D eigenvalue weighted by atomic mass is 10.1. The Morgan fingerprint density at radius 3 is 2.65 bits per heavy atom. The summed E-state index contributed by atoms with van der Waals surface area (Å²) in [7, 11) is -3.44. The van der Waals surface area contributed by atoms with Gasteiger partial charge in [0.2, 0.25) is 10.0 Å². The zero-order valence-electron chi connectivity index (χ0n) is 11.4. The molecule has 0 bridgehead atoms. The van der Waals surface area contributed by atoms with Crippen molar-refractivity contribution < 1.29 is 17.9 Å². The van der Waals surface area contributed by atoms with E-state index in [1.165, 1.54) is 12.1 Å². The topological polar surface area (TPSA) is 66.4 Å². The van der Waals surface area contributed by atoms with Crippen molar-refractivity contribution in [1.82, 2.24) is 4.72 Å². The van der Waals surface area contributed by atoms with Gasteiger partial charge < -0.3 is 5.11 Å². The maximum absolute atomic E-state index is 13.2. The SMILES string of the molecule is CCC(C)CS(=O)(=O)NCC(O)c1ccc(Cl)c(F)c1. The Morgan fingerprint density at radius 2 is 2.10 bits per heavy atom. The molecule has 114 valence electrons. The molecule has 20 heavy (non-hydrogen) atoms. The van der Waals surface area contributed by atoms with Crippen LogP contribution in [0.25, 0.3) is 0 Å². The second-order valence-electron chi connectivity index (χ2n) is 4.83. The molecule has 0 fully saturated rings. The van der Waals surface area contributed by atoms with E-state index in [9.17, 15) is 17.9 Å². The minimum atomic E-state index is -3.44. The Hall–Kier alpha value is -0.690. The predicted molar refractivity (Wildman–Crippen MR) is 77.6 cm³/mol. The standard InChI is InChI=1S/C13H19ClFNO3S/c1-3-9(2)8-20(18,19)16-7-13(17)10-4-5-11(14)12(15)6-10/h4-6,9,13,16-17H,3,7-8H2,1-2H3. The van der Waals surface area contributed by atoms with Gasteiger partial charge in [0, 0.05) is 6.54 Å². The molecule has 0 saturated carbocycles. The van der Waals surface area contributed by atoms with E-state index < -0.39 is 21.9 Å². The molecule has 1 aromatic rings. The quantitative estimate of drug-likeness (QED) is 0.810. The fraction of sp³-hybridized carbons (Fsp3) is 0.538. The first-order chi connectivity index (χ1) is 9.25. The van der Waals surface area contributed by atoms with Crippen LogP contribution >= 0.6 is 11.6 Å². The first-order valence-electron chi connectivity index (χ1n) is 6.35. The first kappa shape index (κ1) is 17.4. The van der Waals surface area contributed by atoms with E-state index in [2.05, 4.69) is 4.72 Å². The minimum Gasteiger partial charge on any atom is -0.387 e. The summed E-state index contributed by atoms with van der Waals surface area (Å²) in [6, 6.07) is 3.87. The van der Waals surface area contributed by atoms with E-state index >= 15 is 0 Å². The third kappa shape index (κ3) is 5.36. The highest BCUT2D eigenvalue weighted by molar-refractivity contribution is 7.89. The van der Waals surface area contributed by atoms with Gasteiger partial charge in [-0.3, -0.25) is 0 Å². The number of aliphatic hydroxyl groups is 1. The fourth-order valence-corrected chi connectivity index (χ4v) is 3.23. The first-order valence-corrected chi connectivity index (χ1v) is 8.38. The van der Waals surface area contributed by atoms with Crippen LogP contribution < -0.4 is 4.72 Å². The number of halogens is 2. The van der Waals surface area contributed by atoms with E-state index in [1.54, 1.807) is 0 Å². The zero-order chi connectivity index (χ0) is 15.3. The fourth-order valence-electron chi connectivity index (χ4n) is 1.59. The lowest BCUT2D eigenvalue weighted by Crippen LogP contribution is -2.32. The highest BCUT2D eigenvalue weighted by Crippen LogP contribution is 2.20. The number of aliphatic hydroxyl groups excluding tert-OH is 1. The van der Waals surface area contributed by atoms with Gasteiger partial charge in [-0.25, -0.2) is 17.5 Å². The van der Waals surface area contributed by atoms with Crippen LogP contribution in [0.3, 0.4) is 0 Å². The molecule has 2 unspecified atom stereocenters. The van der Waals surface area contributed by atoms with Crippen molar-refractivity contribution in [3.8, 4) is 0 Å². The molecule has 0 aromatic heterocycles. The normalized spacial score (nSPS) is 15.1. The third-order valence-corrected chi connectivity index (χ3v) is 4.95. The van der Waals surface area contributed by atoms with Gasteiger partial charge in [0.25, 0.3) is 0 Å². The number of hydrogen-bond donors (Lipinski definition) is 2. The molecule has 1 rings (SSSR count). The molecule has 2 N–H and O–H groups in total. The summed E-state index contributed by atoms with van der Waals surface area (Å²) >= 11 is 5.54. The van der Waals surface area contributed by atoms with E-state index in [0.717, 1.165) is 12.5 Å². The molecule has 0 amide bonds. The molecule has 0 radical (unpaired) electrons. The number of hydrogen-bond acceptors (Lipinski definition) is 3. The van der Waals surface area contributed by atoms with Gasteiger partial charge in [-0.2, -0.15) is 0 Å². The molecule has 0 spiro atoms.